The van der Waals surface area contributed by atoms with E-state index in [0.29, 0.717) is 18.1 Å². The number of para-hydroxylation sites is 2. The van der Waals surface area contributed by atoms with Crippen LogP contribution in [-0.4, -0.2) is 31.5 Å². The van der Waals surface area contributed by atoms with Crippen LogP contribution in [0.1, 0.15) is 17.0 Å². The number of ketones is 1. The number of aliphatic hydroxyl groups excluding tert-OH is 1. The van der Waals surface area contributed by atoms with Crippen molar-refractivity contribution in [1.82, 2.24) is 9.55 Å². The zero-order valence-electron chi connectivity index (χ0n) is 13.5. The van der Waals surface area contributed by atoms with Crippen LogP contribution in [0.4, 0.5) is 0 Å². The van der Waals surface area contributed by atoms with Gasteiger partial charge in [-0.3, -0.25) is 4.79 Å². The van der Waals surface area contributed by atoms with E-state index in [4.69, 9.17) is 5.11 Å². The van der Waals surface area contributed by atoms with Crippen molar-refractivity contribution in [2.24, 2.45) is 0 Å². The maximum absolute atomic E-state index is 11.4. The van der Waals surface area contributed by atoms with Crippen LogP contribution in [0.5, 0.6) is 0 Å². The number of aliphatic carboxylic acids is 1. The molecule has 0 fully saturated rings. The van der Waals surface area contributed by atoms with Crippen molar-refractivity contribution in [2.45, 2.75) is 13.5 Å². The van der Waals surface area contributed by atoms with Gasteiger partial charge in [0.05, 0.1) is 11.0 Å². The minimum Gasteiger partial charge on any atom is -0.504 e. The molecule has 3 rings (SSSR count). The standard InChI is InChI=1S/C19H16N2O4/c1-12-5-4-6-13(9-12)11-21-15-8-3-2-7-14(15)20-18(21)16(22)10-17(23)19(24)25/h2-10,22H,11H2,1H3,(H,24,25)/b16-10-. The van der Waals surface area contributed by atoms with E-state index in [-0.39, 0.29) is 5.82 Å². The van der Waals surface area contributed by atoms with Gasteiger partial charge in [0.1, 0.15) is 0 Å². The van der Waals surface area contributed by atoms with E-state index in [9.17, 15) is 14.7 Å². The summed E-state index contributed by atoms with van der Waals surface area (Å²) in [6.45, 7) is 2.41. The lowest BCUT2D eigenvalue weighted by Crippen LogP contribution is -2.11. The Hall–Kier alpha value is -3.41. The molecule has 0 radical (unpaired) electrons. The second kappa shape index (κ2) is 6.60. The average Bonchev–Trinajstić information content (AvgIpc) is 2.93. The summed E-state index contributed by atoms with van der Waals surface area (Å²) >= 11 is 0. The van der Waals surface area contributed by atoms with Crippen LogP contribution >= 0.6 is 0 Å². The van der Waals surface area contributed by atoms with Crippen molar-refractivity contribution in [3.05, 3.63) is 71.6 Å². The van der Waals surface area contributed by atoms with Crippen molar-refractivity contribution < 1.29 is 19.8 Å². The zero-order valence-corrected chi connectivity index (χ0v) is 13.5. The number of carbonyl (C=O) groups is 2. The van der Waals surface area contributed by atoms with Gasteiger partial charge in [-0.2, -0.15) is 0 Å². The third kappa shape index (κ3) is 3.42. The van der Waals surface area contributed by atoms with Crippen molar-refractivity contribution in [2.75, 3.05) is 0 Å². The van der Waals surface area contributed by atoms with E-state index in [0.717, 1.165) is 16.6 Å². The molecule has 0 amide bonds. The first-order chi connectivity index (χ1) is 12.0. The number of aryl methyl sites for hydroxylation is 1. The van der Waals surface area contributed by atoms with Gasteiger partial charge >= 0.3 is 5.97 Å². The number of nitrogens with zero attached hydrogens (tertiary/aromatic N) is 2. The van der Waals surface area contributed by atoms with Crippen molar-refractivity contribution in [3.8, 4) is 0 Å². The smallest absolute Gasteiger partial charge is 0.376 e. The highest BCUT2D eigenvalue weighted by molar-refractivity contribution is 6.38. The molecule has 2 aromatic carbocycles. The molecule has 25 heavy (non-hydrogen) atoms. The Balaban J connectivity index is 2.12. The summed E-state index contributed by atoms with van der Waals surface area (Å²) in [5, 5.41) is 19.0. The Bertz CT molecular complexity index is 1000. The molecule has 6 heteroatoms. The molecule has 0 unspecified atom stereocenters. The van der Waals surface area contributed by atoms with E-state index in [2.05, 4.69) is 4.98 Å². The maximum Gasteiger partial charge on any atom is 0.376 e. The molecule has 0 saturated carbocycles. The summed E-state index contributed by atoms with van der Waals surface area (Å²) in [6.07, 6.45) is 0.677. The summed E-state index contributed by atoms with van der Waals surface area (Å²) in [5.74, 6) is -3.16. The zero-order chi connectivity index (χ0) is 18.0. The molecule has 0 aliphatic rings. The average molecular weight is 336 g/mol. The number of benzene rings is 2. The maximum atomic E-state index is 11.4. The van der Waals surface area contributed by atoms with Gasteiger partial charge in [0, 0.05) is 12.6 Å². The van der Waals surface area contributed by atoms with Gasteiger partial charge in [-0.25, -0.2) is 9.78 Å². The highest BCUT2D eigenvalue weighted by Crippen LogP contribution is 2.22. The number of rotatable bonds is 5. The molecule has 1 heterocycles. The number of hydrogen-bond donors (Lipinski definition) is 2. The van der Waals surface area contributed by atoms with Crippen LogP contribution in [0.15, 0.2) is 54.6 Å². The van der Waals surface area contributed by atoms with Gasteiger partial charge in [-0.15, -0.1) is 0 Å². The van der Waals surface area contributed by atoms with Gasteiger partial charge in [0.15, 0.2) is 11.6 Å². The fourth-order valence-electron chi connectivity index (χ4n) is 2.67. The van der Waals surface area contributed by atoms with Gasteiger partial charge in [-0.05, 0) is 24.6 Å². The van der Waals surface area contributed by atoms with Gasteiger partial charge < -0.3 is 14.8 Å². The summed E-state index contributed by atoms with van der Waals surface area (Å²) in [5.41, 5.74) is 3.53. The largest absolute Gasteiger partial charge is 0.504 e. The third-order valence-corrected chi connectivity index (χ3v) is 3.79. The van der Waals surface area contributed by atoms with Crippen LogP contribution in [-0.2, 0) is 16.1 Å². The number of hydrogen-bond acceptors (Lipinski definition) is 4. The molecular weight excluding hydrogens is 320 g/mol. The van der Waals surface area contributed by atoms with E-state index < -0.39 is 17.5 Å². The van der Waals surface area contributed by atoms with Crippen LogP contribution in [0.3, 0.4) is 0 Å². The number of carboxylic acids is 1. The number of imidazole rings is 1. The lowest BCUT2D eigenvalue weighted by molar-refractivity contribution is -0.146. The Labute approximate surface area is 143 Å². The molecule has 2 N–H and O–H groups in total. The van der Waals surface area contributed by atoms with Crippen LogP contribution in [0, 0.1) is 6.92 Å². The molecule has 0 spiro atoms. The van der Waals surface area contributed by atoms with Crippen LogP contribution in [0.2, 0.25) is 0 Å². The number of aromatic nitrogens is 2. The van der Waals surface area contributed by atoms with Crippen LogP contribution in [0.25, 0.3) is 16.8 Å². The molecule has 6 nitrogen and oxygen atoms in total. The van der Waals surface area contributed by atoms with Crippen molar-refractivity contribution in [3.63, 3.8) is 0 Å². The van der Waals surface area contributed by atoms with E-state index in [1.54, 1.807) is 10.6 Å². The van der Waals surface area contributed by atoms with Gasteiger partial charge in [0.2, 0.25) is 0 Å². The summed E-state index contributed by atoms with van der Waals surface area (Å²) in [4.78, 5) is 26.4. The van der Waals surface area contributed by atoms with Gasteiger partial charge in [-0.1, -0.05) is 42.0 Å². The predicted octanol–water partition coefficient (Wildman–Crippen LogP) is 2.95. The third-order valence-electron chi connectivity index (χ3n) is 3.79. The molecule has 126 valence electrons. The predicted molar refractivity (Wildman–Crippen MR) is 93.3 cm³/mol. The van der Waals surface area contributed by atoms with E-state index in [1.807, 2.05) is 49.4 Å². The lowest BCUT2D eigenvalue weighted by Gasteiger charge is -2.09. The highest BCUT2D eigenvalue weighted by Gasteiger charge is 2.17. The fraction of sp³-hybridized carbons (Fsp3) is 0.105. The monoisotopic (exact) mass is 336 g/mol. The molecule has 0 saturated heterocycles. The van der Waals surface area contributed by atoms with E-state index in [1.165, 1.54) is 0 Å². The normalized spacial score (nSPS) is 11.6. The summed E-state index contributed by atoms with van der Waals surface area (Å²) < 4.78 is 1.76. The Morgan fingerprint density at radius 2 is 1.88 bits per heavy atom. The molecular formula is C19H16N2O4. The first-order valence-corrected chi connectivity index (χ1v) is 7.65. The second-order valence-electron chi connectivity index (χ2n) is 5.70. The number of carbonyl (C=O) groups excluding carboxylic acids is 1. The highest BCUT2D eigenvalue weighted by atomic mass is 16.4. The van der Waals surface area contributed by atoms with Crippen molar-refractivity contribution >= 4 is 28.5 Å². The molecule has 0 aliphatic carbocycles. The topological polar surface area (TPSA) is 92.4 Å². The van der Waals surface area contributed by atoms with E-state index >= 15 is 0 Å². The minimum absolute atomic E-state index is 0.150. The Kier molecular flexibility index (Phi) is 4.35. The molecule has 0 bridgehead atoms. The summed E-state index contributed by atoms with van der Waals surface area (Å²) in [6, 6.07) is 15.2. The summed E-state index contributed by atoms with van der Waals surface area (Å²) in [7, 11) is 0. The molecule has 3 aromatic rings. The quantitative estimate of drug-likeness (QED) is 0.424. The SMILES string of the molecule is Cc1cccc(Cn2c(/C(O)=C/C(=O)C(=O)O)nc3ccccc32)c1. The number of carboxylic acid groups (broad SMARTS) is 1. The lowest BCUT2D eigenvalue weighted by atomic mass is 10.1. The Morgan fingerprint density at radius 1 is 1.12 bits per heavy atom. The number of aliphatic hydroxyl groups is 1. The first-order valence-electron chi connectivity index (χ1n) is 7.65. The molecule has 1 aromatic heterocycles. The van der Waals surface area contributed by atoms with Gasteiger partial charge in [0.25, 0.3) is 5.78 Å². The molecule has 0 aliphatic heterocycles. The second-order valence-corrected chi connectivity index (χ2v) is 5.70. The number of fused-ring (bicyclic) bond motifs is 1. The minimum atomic E-state index is -1.63. The van der Waals surface area contributed by atoms with Crippen LogP contribution < -0.4 is 0 Å². The first kappa shape index (κ1) is 16.4. The fourth-order valence-corrected chi connectivity index (χ4v) is 2.67. The van der Waals surface area contributed by atoms with Crippen molar-refractivity contribution in [1.29, 1.82) is 0 Å². The Morgan fingerprint density at radius 3 is 2.60 bits per heavy atom. The molecule has 0 atom stereocenters.